The zero-order valence-electron chi connectivity index (χ0n) is 9.22. The molecule has 0 heterocycles. The van der Waals surface area contributed by atoms with Crippen LogP contribution in [-0.4, -0.2) is 17.5 Å². The van der Waals surface area contributed by atoms with Gasteiger partial charge in [-0.15, -0.1) is 0 Å². The zero-order valence-corrected chi connectivity index (χ0v) is 9.22. The van der Waals surface area contributed by atoms with E-state index in [1.807, 2.05) is 0 Å². The third-order valence-corrected chi connectivity index (χ3v) is 2.03. The highest BCUT2D eigenvalue weighted by atomic mass is 19.3. The Labute approximate surface area is 88.3 Å². The Bertz CT molecular complexity index is 269. The largest absolute Gasteiger partial charge is 0.457 e. The van der Waals surface area contributed by atoms with Gasteiger partial charge in [0.25, 0.3) is 0 Å². The smallest absolute Gasteiger partial charge is 0.330 e. The molecular weight excluding hydrogens is 202 g/mol. The fourth-order valence-electron chi connectivity index (χ4n) is 1.39. The Morgan fingerprint density at radius 1 is 1.40 bits per heavy atom. The molecule has 1 aliphatic carbocycles. The van der Waals surface area contributed by atoms with Gasteiger partial charge in [-0.25, -0.2) is 13.6 Å². The standard InChI is InChI=1S/C11H16F2O2/c1-10(2,3)15-9(14)5-4-8-6-11(12,13)7-8/h4-5,8H,6-7H2,1-3H3. The summed E-state index contributed by atoms with van der Waals surface area (Å²) in [5, 5.41) is 0. The van der Waals surface area contributed by atoms with E-state index < -0.39 is 17.5 Å². The van der Waals surface area contributed by atoms with Crippen LogP contribution in [0.25, 0.3) is 0 Å². The Morgan fingerprint density at radius 2 is 1.93 bits per heavy atom. The van der Waals surface area contributed by atoms with Crippen molar-refractivity contribution in [2.45, 2.75) is 45.1 Å². The summed E-state index contributed by atoms with van der Waals surface area (Å²) in [6, 6.07) is 0. The average molecular weight is 218 g/mol. The van der Waals surface area contributed by atoms with Crippen LogP contribution < -0.4 is 0 Å². The summed E-state index contributed by atoms with van der Waals surface area (Å²) in [5.41, 5.74) is -0.537. The maximum Gasteiger partial charge on any atom is 0.330 e. The topological polar surface area (TPSA) is 26.3 Å². The van der Waals surface area contributed by atoms with Crippen LogP contribution in [0.5, 0.6) is 0 Å². The lowest BCUT2D eigenvalue weighted by atomic mass is 9.81. The predicted molar refractivity (Wildman–Crippen MR) is 52.7 cm³/mol. The lowest BCUT2D eigenvalue weighted by Gasteiger charge is -2.32. The van der Waals surface area contributed by atoms with Crippen LogP contribution in [0.2, 0.25) is 0 Å². The number of carbonyl (C=O) groups is 1. The molecule has 1 aliphatic rings. The van der Waals surface area contributed by atoms with Crippen LogP contribution in [0.3, 0.4) is 0 Å². The first kappa shape index (κ1) is 12.1. The van der Waals surface area contributed by atoms with Crippen molar-refractivity contribution in [2.24, 2.45) is 5.92 Å². The summed E-state index contributed by atoms with van der Waals surface area (Å²) < 4.78 is 29.9. The molecule has 0 atom stereocenters. The summed E-state index contributed by atoms with van der Waals surface area (Å²) in [6.45, 7) is 5.28. The first-order chi connectivity index (χ1) is 6.68. The second-order valence-corrected chi connectivity index (χ2v) is 4.92. The second kappa shape index (κ2) is 3.91. The van der Waals surface area contributed by atoms with E-state index in [9.17, 15) is 13.6 Å². The highest BCUT2D eigenvalue weighted by molar-refractivity contribution is 5.82. The van der Waals surface area contributed by atoms with E-state index in [0.29, 0.717) is 0 Å². The number of hydrogen-bond acceptors (Lipinski definition) is 2. The fraction of sp³-hybridized carbons (Fsp3) is 0.727. The van der Waals surface area contributed by atoms with Crippen molar-refractivity contribution in [1.29, 1.82) is 0 Å². The van der Waals surface area contributed by atoms with Crippen LogP contribution in [-0.2, 0) is 9.53 Å². The highest BCUT2D eigenvalue weighted by Gasteiger charge is 2.43. The Balaban J connectivity index is 2.31. The van der Waals surface area contributed by atoms with Crippen LogP contribution in [0.4, 0.5) is 8.78 Å². The van der Waals surface area contributed by atoms with Crippen molar-refractivity contribution in [2.75, 3.05) is 0 Å². The third-order valence-electron chi connectivity index (χ3n) is 2.03. The van der Waals surface area contributed by atoms with Gasteiger partial charge in [0, 0.05) is 18.9 Å². The van der Waals surface area contributed by atoms with E-state index in [4.69, 9.17) is 4.74 Å². The van der Waals surface area contributed by atoms with Gasteiger partial charge in [0.05, 0.1) is 0 Å². The molecule has 0 amide bonds. The lowest BCUT2D eigenvalue weighted by Crippen LogP contribution is -2.34. The van der Waals surface area contributed by atoms with Crippen LogP contribution in [0.15, 0.2) is 12.2 Å². The Morgan fingerprint density at radius 3 is 2.33 bits per heavy atom. The summed E-state index contributed by atoms with van der Waals surface area (Å²) >= 11 is 0. The molecule has 0 N–H and O–H groups in total. The van der Waals surface area contributed by atoms with Gasteiger partial charge in [0.2, 0.25) is 5.92 Å². The van der Waals surface area contributed by atoms with Crippen molar-refractivity contribution in [3.8, 4) is 0 Å². The molecule has 0 aromatic rings. The minimum absolute atomic E-state index is 0.160. The molecule has 1 saturated carbocycles. The van der Waals surface area contributed by atoms with Gasteiger partial charge in [0.1, 0.15) is 5.60 Å². The molecule has 0 saturated heterocycles. The molecule has 1 fully saturated rings. The SMILES string of the molecule is CC(C)(C)OC(=O)C=CC1CC(F)(F)C1. The molecule has 2 nitrogen and oxygen atoms in total. The van der Waals surface area contributed by atoms with E-state index >= 15 is 0 Å². The molecular formula is C11H16F2O2. The van der Waals surface area contributed by atoms with E-state index in [-0.39, 0.29) is 18.8 Å². The fourth-order valence-corrected chi connectivity index (χ4v) is 1.39. The van der Waals surface area contributed by atoms with Gasteiger partial charge >= 0.3 is 5.97 Å². The molecule has 0 spiro atoms. The van der Waals surface area contributed by atoms with Crippen molar-refractivity contribution in [3.63, 3.8) is 0 Å². The minimum Gasteiger partial charge on any atom is -0.457 e. The Kier molecular flexibility index (Phi) is 3.16. The summed E-state index contributed by atoms with van der Waals surface area (Å²) in [4.78, 5) is 11.2. The number of halogens is 2. The van der Waals surface area contributed by atoms with Gasteiger partial charge < -0.3 is 4.74 Å². The van der Waals surface area contributed by atoms with E-state index in [1.165, 1.54) is 12.2 Å². The molecule has 0 unspecified atom stereocenters. The van der Waals surface area contributed by atoms with Crippen LogP contribution in [0.1, 0.15) is 33.6 Å². The minimum atomic E-state index is -2.54. The zero-order chi connectivity index (χ0) is 11.7. The molecule has 1 rings (SSSR count). The van der Waals surface area contributed by atoms with Crippen molar-refractivity contribution in [1.82, 2.24) is 0 Å². The summed E-state index contributed by atoms with van der Waals surface area (Å²) in [5.74, 6) is -3.20. The third kappa shape index (κ3) is 4.40. The van der Waals surface area contributed by atoms with E-state index in [2.05, 4.69) is 0 Å². The number of carbonyl (C=O) groups excluding carboxylic acids is 1. The number of hydrogen-bond donors (Lipinski definition) is 0. The maximum atomic E-state index is 12.4. The molecule has 15 heavy (non-hydrogen) atoms. The first-order valence-electron chi connectivity index (χ1n) is 4.97. The first-order valence-corrected chi connectivity index (χ1v) is 4.97. The quantitative estimate of drug-likeness (QED) is 0.526. The molecule has 86 valence electrons. The summed E-state index contributed by atoms with van der Waals surface area (Å²) in [7, 11) is 0. The molecule has 4 heteroatoms. The van der Waals surface area contributed by atoms with Gasteiger partial charge in [-0.1, -0.05) is 6.08 Å². The number of allylic oxidation sites excluding steroid dienone is 1. The number of rotatable bonds is 2. The van der Waals surface area contributed by atoms with Crippen molar-refractivity contribution < 1.29 is 18.3 Å². The average Bonchev–Trinajstić information content (AvgIpc) is 1.93. The Hall–Kier alpha value is -0.930. The van der Waals surface area contributed by atoms with Gasteiger partial charge in [-0.3, -0.25) is 0 Å². The number of ether oxygens (including phenoxy) is 1. The van der Waals surface area contributed by atoms with E-state index in [1.54, 1.807) is 20.8 Å². The summed E-state index contributed by atoms with van der Waals surface area (Å²) in [6.07, 6.45) is 2.43. The van der Waals surface area contributed by atoms with Gasteiger partial charge in [-0.2, -0.15) is 0 Å². The van der Waals surface area contributed by atoms with Gasteiger partial charge in [0.15, 0.2) is 0 Å². The second-order valence-electron chi connectivity index (χ2n) is 4.92. The molecule has 0 aromatic heterocycles. The lowest BCUT2D eigenvalue weighted by molar-refractivity contribution is -0.148. The van der Waals surface area contributed by atoms with Crippen molar-refractivity contribution >= 4 is 5.97 Å². The molecule has 0 aliphatic heterocycles. The normalized spacial score (nSPS) is 21.4. The predicted octanol–water partition coefficient (Wildman–Crippen LogP) is 2.93. The van der Waals surface area contributed by atoms with Crippen LogP contribution >= 0.6 is 0 Å². The monoisotopic (exact) mass is 218 g/mol. The molecule has 0 bridgehead atoms. The maximum absolute atomic E-state index is 12.4. The highest BCUT2D eigenvalue weighted by Crippen LogP contribution is 2.42. The van der Waals surface area contributed by atoms with Crippen LogP contribution in [0, 0.1) is 5.92 Å². The number of esters is 1. The molecule has 0 aromatic carbocycles. The number of alkyl halides is 2. The van der Waals surface area contributed by atoms with Gasteiger partial charge in [-0.05, 0) is 26.7 Å². The van der Waals surface area contributed by atoms with E-state index in [0.717, 1.165) is 0 Å². The molecule has 0 radical (unpaired) electrons. The van der Waals surface area contributed by atoms with Crippen molar-refractivity contribution in [3.05, 3.63) is 12.2 Å².